The standard InChI is InChI=1S/C23H40O4S.Na/c1-4-6-8-10-12-14-21-16-17-23(27-20(3)19-28(24,25)26)18-22(21)15-13-11-9-7-5-2;/h16-18,20H,4-15,19H2,1-3H3,(H,24,25,26);/q;+1/p-1. The van der Waals surface area contributed by atoms with Crippen LogP contribution in [0.5, 0.6) is 5.75 Å². The maximum atomic E-state index is 10.9. The Balaban J connectivity index is 0.00000784. The van der Waals surface area contributed by atoms with Crippen LogP contribution in [0.2, 0.25) is 0 Å². The number of ether oxygens (including phenoxy) is 1. The zero-order valence-corrected chi connectivity index (χ0v) is 21.9. The molecule has 29 heavy (non-hydrogen) atoms. The fourth-order valence-electron chi connectivity index (χ4n) is 3.54. The van der Waals surface area contributed by atoms with Crippen molar-refractivity contribution in [2.45, 2.75) is 104 Å². The predicted molar refractivity (Wildman–Crippen MR) is 116 cm³/mol. The average molecular weight is 435 g/mol. The summed E-state index contributed by atoms with van der Waals surface area (Å²) in [5, 5.41) is 0. The average Bonchev–Trinajstić information content (AvgIpc) is 2.61. The van der Waals surface area contributed by atoms with E-state index in [1.807, 2.05) is 6.07 Å². The van der Waals surface area contributed by atoms with Gasteiger partial charge in [0.15, 0.2) is 0 Å². The van der Waals surface area contributed by atoms with Gasteiger partial charge in [-0.3, -0.25) is 0 Å². The summed E-state index contributed by atoms with van der Waals surface area (Å²) in [4.78, 5) is 0. The Morgan fingerprint density at radius 2 is 1.38 bits per heavy atom. The number of aryl methyl sites for hydroxylation is 2. The van der Waals surface area contributed by atoms with Gasteiger partial charge in [0, 0.05) is 0 Å². The fraction of sp³-hybridized carbons (Fsp3) is 0.739. The van der Waals surface area contributed by atoms with Crippen LogP contribution in [0.4, 0.5) is 0 Å². The number of rotatable bonds is 16. The first-order valence-electron chi connectivity index (χ1n) is 11.1. The molecular weight excluding hydrogens is 395 g/mol. The van der Waals surface area contributed by atoms with E-state index in [1.54, 1.807) is 6.92 Å². The van der Waals surface area contributed by atoms with E-state index in [1.165, 1.54) is 68.9 Å². The van der Waals surface area contributed by atoms with Crippen molar-refractivity contribution in [2.24, 2.45) is 0 Å². The van der Waals surface area contributed by atoms with Crippen molar-refractivity contribution in [3.05, 3.63) is 29.3 Å². The molecular formula is C23H39NaO4S. The molecule has 0 saturated heterocycles. The molecule has 0 saturated carbocycles. The summed E-state index contributed by atoms with van der Waals surface area (Å²) in [5.41, 5.74) is 2.69. The quantitative estimate of drug-likeness (QED) is 0.228. The third-order valence-corrected chi connectivity index (χ3v) is 5.93. The molecule has 1 aromatic carbocycles. The maximum Gasteiger partial charge on any atom is 1.00 e. The molecule has 4 nitrogen and oxygen atoms in total. The van der Waals surface area contributed by atoms with Gasteiger partial charge in [0.05, 0.1) is 15.9 Å². The third-order valence-electron chi connectivity index (χ3n) is 5.05. The molecule has 1 rings (SSSR count). The van der Waals surface area contributed by atoms with E-state index >= 15 is 0 Å². The van der Waals surface area contributed by atoms with Crippen LogP contribution < -0.4 is 34.3 Å². The topological polar surface area (TPSA) is 66.4 Å². The molecule has 0 spiro atoms. The normalized spacial score (nSPS) is 12.4. The summed E-state index contributed by atoms with van der Waals surface area (Å²) in [7, 11) is -4.28. The van der Waals surface area contributed by atoms with E-state index in [0.29, 0.717) is 5.75 Å². The summed E-state index contributed by atoms with van der Waals surface area (Å²) in [6.45, 7) is 6.08. The first-order valence-corrected chi connectivity index (χ1v) is 12.7. The second-order valence-electron chi connectivity index (χ2n) is 7.91. The van der Waals surface area contributed by atoms with Crippen LogP contribution in [-0.2, 0) is 23.0 Å². The zero-order valence-electron chi connectivity index (χ0n) is 19.0. The molecule has 1 atom stereocenters. The summed E-state index contributed by atoms with van der Waals surface area (Å²) in [6.07, 6.45) is 14.0. The Morgan fingerprint density at radius 3 is 1.90 bits per heavy atom. The molecule has 0 aliphatic carbocycles. The molecule has 0 N–H and O–H groups in total. The molecule has 0 fully saturated rings. The van der Waals surface area contributed by atoms with Crippen molar-refractivity contribution in [3.63, 3.8) is 0 Å². The SMILES string of the molecule is CCCCCCCc1ccc(OC(C)CS(=O)(=O)[O-])cc1CCCCCCC.[Na+]. The minimum absolute atomic E-state index is 0. The van der Waals surface area contributed by atoms with Gasteiger partial charge in [0.1, 0.15) is 11.9 Å². The second-order valence-corrected chi connectivity index (χ2v) is 9.36. The number of hydrogen-bond donors (Lipinski definition) is 0. The smallest absolute Gasteiger partial charge is 0.748 e. The van der Waals surface area contributed by atoms with Gasteiger partial charge in [-0.15, -0.1) is 0 Å². The van der Waals surface area contributed by atoms with Crippen molar-refractivity contribution >= 4 is 10.1 Å². The number of unbranched alkanes of at least 4 members (excludes halogenated alkanes) is 8. The van der Waals surface area contributed by atoms with Crippen molar-refractivity contribution in [2.75, 3.05) is 5.75 Å². The summed E-state index contributed by atoms with van der Waals surface area (Å²) in [6, 6.07) is 6.08. The molecule has 0 heterocycles. The fourth-order valence-corrected chi connectivity index (χ4v) is 4.19. The minimum Gasteiger partial charge on any atom is -0.748 e. The first-order chi connectivity index (χ1) is 13.4. The zero-order chi connectivity index (χ0) is 20.8. The van der Waals surface area contributed by atoms with Gasteiger partial charge < -0.3 is 9.29 Å². The largest absolute Gasteiger partial charge is 1.00 e. The minimum atomic E-state index is -4.28. The molecule has 162 valence electrons. The Hall–Kier alpha value is -0.0700. The van der Waals surface area contributed by atoms with E-state index in [-0.39, 0.29) is 29.6 Å². The second kappa shape index (κ2) is 16.6. The van der Waals surface area contributed by atoms with Crippen LogP contribution in [0.15, 0.2) is 18.2 Å². The van der Waals surface area contributed by atoms with Gasteiger partial charge in [-0.1, -0.05) is 71.3 Å². The van der Waals surface area contributed by atoms with Crippen molar-refractivity contribution in [1.82, 2.24) is 0 Å². The van der Waals surface area contributed by atoms with Crippen LogP contribution in [0, 0.1) is 0 Å². The van der Waals surface area contributed by atoms with Crippen molar-refractivity contribution in [3.8, 4) is 5.75 Å². The van der Waals surface area contributed by atoms with Gasteiger partial charge in [0.25, 0.3) is 0 Å². The molecule has 0 aliphatic heterocycles. The number of hydrogen-bond acceptors (Lipinski definition) is 4. The Labute approximate surface area is 201 Å². The summed E-state index contributed by atoms with van der Waals surface area (Å²) >= 11 is 0. The van der Waals surface area contributed by atoms with Crippen LogP contribution in [0.1, 0.15) is 96.1 Å². The summed E-state index contributed by atoms with van der Waals surface area (Å²) < 4.78 is 38.5. The van der Waals surface area contributed by atoms with Crippen molar-refractivity contribution < 1.29 is 47.3 Å². The molecule has 1 unspecified atom stereocenters. The van der Waals surface area contributed by atoms with Gasteiger partial charge in [-0.05, 0) is 55.9 Å². The molecule has 0 aromatic heterocycles. The monoisotopic (exact) mass is 434 g/mol. The van der Waals surface area contributed by atoms with Gasteiger partial charge in [-0.25, -0.2) is 8.42 Å². The van der Waals surface area contributed by atoms with Gasteiger partial charge >= 0.3 is 29.6 Å². The van der Waals surface area contributed by atoms with Crippen LogP contribution >= 0.6 is 0 Å². The van der Waals surface area contributed by atoms with E-state index < -0.39 is 22.0 Å². The molecule has 6 heteroatoms. The third kappa shape index (κ3) is 14.5. The first kappa shape index (κ1) is 28.9. The summed E-state index contributed by atoms with van der Waals surface area (Å²) in [5.74, 6) is 0.160. The molecule has 0 aliphatic rings. The molecule has 0 radical (unpaired) electrons. The van der Waals surface area contributed by atoms with Crippen LogP contribution in [-0.4, -0.2) is 24.8 Å². The predicted octanol–water partition coefficient (Wildman–Crippen LogP) is 3.03. The van der Waals surface area contributed by atoms with Crippen LogP contribution in [0.3, 0.4) is 0 Å². The maximum absolute atomic E-state index is 10.9. The van der Waals surface area contributed by atoms with Gasteiger partial charge in [0.2, 0.25) is 0 Å². The molecule has 1 aromatic rings. The Morgan fingerprint density at radius 1 is 0.862 bits per heavy atom. The van der Waals surface area contributed by atoms with Crippen LogP contribution in [0.25, 0.3) is 0 Å². The number of benzene rings is 1. The van der Waals surface area contributed by atoms with E-state index in [4.69, 9.17) is 4.74 Å². The van der Waals surface area contributed by atoms with E-state index in [2.05, 4.69) is 26.0 Å². The van der Waals surface area contributed by atoms with Gasteiger partial charge in [-0.2, -0.15) is 0 Å². The van der Waals surface area contributed by atoms with E-state index in [9.17, 15) is 13.0 Å². The molecule has 0 bridgehead atoms. The van der Waals surface area contributed by atoms with Crippen molar-refractivity contribution in [1.29, 1.82) is 0 Å². The van der Waals surface area contributed by atoms with E-state index in [0.717, 1.165) is 19.3 Å². The Kier molecular flexibility index (Phi) is 16.6. The molecule has 0 amide bonds. The Bertz CT molecular complexity index is 646.